The topological polar surface area (TPSA) is 52.0 Å². The van der Waals surface area contributed by atoms with Crippen LogP contribution in [0.5, 0.6) is 5.75 Å². The highest BCUT2D eigenvalue weighted by atomic mass is 79.9. The van der Waals surface area contributed by atoms with Crippen LogP contribution in [0.15, 0.2) is 29.0 Å². The number of halogens is 1. The van der Waals surface area contributed by atoms with E-state index in [-0.39, 0.29) is 6.04 Å². The molecule has 6 heteroatoms. The third-order valence-electron chi connectivity index (χ3n) is 2.87. The zero-order chi connectivity index (χ0) is 14.5. The number of rotatable bonds is 6. The number of hydrogen-bond acceptors (Lipinski definition) is 4. The second kappa shape index (κ2) is 6.85. The van der Waals surface area contributed by atoms with Crippen LogP contribution < -0.4 is 10.1 Å². The van der Waals surface area contributed by atoms with Crippen molar-refractivity contribution in [2.24, 2.45) is 0 Å². The predicted octanol–water partition coefficient (Wildman–Crippen LogP) is 2.92. The van der Waals surface area contributed by atoms with Crippen molar-refractivity contribution >= 4 is 15.9 Å². The second-order valence-electron chi connectivity index (χ2n) is 4.80. The van der Waals surface area contributed by atoms with Gasteiger partial charge in [-0.15, -0.1) is 0 Å². The highest BCUT2D eigenvalue weighted by molar-refractivity contribution is 9.10. The number of nitrogens with one attached hydrogen (secondary N) is 1. The van der Waals surface area contributed by atoms with Crippen molar-refractivity contribution in [3.63, 3.8) is 0 Å². The Labute approximate surface area is 127 Å². The molecule has 1 heterocycles. The van der Waals surface area contributed by atoms with Crippen LogP contribution in [0.4, 0.5) is 0 Å². The molecule has 0 unspecified atom stereocenters. The Morgan fingerprint density at radius 2 is 2.20 bits per heavy atom. The van der Waals surface area contributed by atoms with E-state index in [9.17, 15) is 0 Å². The SMILES string of the molecule is CNCc1ccc(OCc2ncnn2C(C)C)c(Br)c1. The molecule has 1 aromatic carbocycles. The number of benzene rings is 1. The summed E-state index contributed by atoms with van der Waals surface area (Å²) < 4.78 is 8.62. The standard InChI is InChI=1S/C14H19BrN4O/c1-10(2)19-14(17-9-18-19)8-20-13-5-4-11(7-16-3)6-12(13)15/h4-6,9-10,16H,7-8H2,1-3H3. The third kappa shape index (κ3) is 3.58. The van der Waals surface area contributed by atoms with Crippen LogP contribution in [-0.4, -0.2) is 21.8 Å². The summed E-state index contributed by atoms with van der Waals surface area (Å²) in [7, 11) is 1.93. The fourth-order valence-electron chi connectivity index (χ4n) is 1.93. The maximum atomic E-state index is 5.81. The van der Waals surface area contributed by atoms with E-state index in [0.29, 0.717) is 6.61 Å². The molecule has 1 N–H and O–H groups in total. The molecule has 0 saturated heterocycles. The van der Waals surface area contributed by atoms with Gasteiger partial charge in [-0.05, 0) is 54.5 Å². The highest BCUT2D eigenvalue weighted by Gasteiger charge is 2.09. The van der Waals surface area contributed by atoms with Crippen molar-refractivity contribution < 1.29 is 4.74 Å². The minimum Gasteiger partial charge on any atom is -0.484 e. The average molecular weight is 339 g/mol. The monoisotopic (exact) mass is 338 g/mol. The van der Waals surface area contributed by atoms with Gasteiger partial charge >= 0.3 is 0 Å². The normalized spacial score (nSPS) is 11.1. The number of aromatic nitrogens is 3. The zero-order valence-electron chi connectivity index (χ0n) is 11.9. The summed E-state index contributed by atoms with van der Waals surface area (Å²) in [5, 5.41) is 7.32. The molecule has 0 amide bonds. The van der Waals surface area contributed by atoms with Gasteiger partial charge in [0, 0.05) is 12.6 Å². The molecular weight excluding hydrogens is 320 g/mol. The van der Waals surface area contributed by atoms with Crippen molar-refractivity contribution in [1.82, 2.24) is 20.1 Å². The third-order valence-corrected chi connectivity index (χ3v) is 3.49. The minimum atomic E-state index is 0.276. The summed E-state index contributed by atoms with van der Waals surface area (Å²) in [6.45, 7) is 5.38. The first-order chi connectivity index (χ1) is 9.61. The summed E-state index contributed by atoms with van der Waals surface area (Å²) in [6.07, 6.45) is 1.56. The van der Waals surface area contributed by atoms with E-state index in [0.717, 1.165) is 22.6 Å². The summed E-state index contributed by atoms with van der Waals surface area (Å²) in [5.41, 5.74) is 1.21. The Hall–Kier alpha value is -1.40. The molecule has 0 radical (unpaired) electrons. The van der Waals surface area contributed by atoms with Gasteiger partial charge in [-0.1, -0.05) is 6.07 Å². The van der Waals surface area contributed by atoms with Crippen molar-refractivity contribution in [3.8, 4) is 5.75 Å². The predicted molar refractivity (Wildman–Crippen MR) is 81.6 cm³/mol. The first-order valence-corrected chi connectivity index (χ1v) is 7.35. The summed E-state index contributed by atoms with van der Waals surface area (Å²) in [6, 6.07) is 6.34. The lowest BCUT2D eigenvalue weighted by Crippen LogP contribution is -2.11. The molecule has 20 heavy (non-hydrogen) atoms. The van der Waals surface area contributed by atoms with Gasteiger partial charge in [-0.3, -0.25) is 0 Å². The van der Waals surface area contributed by atoms with Crippen LogP contribution in [0.2, 0.25) is 0 Å². The molecular formula is C14H19BrN4O. The van der Waals surface area contributed by atoms with Crippen molar-refractivity contribution in [2.45, 2.75) is 33.0 Å². The Kier molecular flexibility index (Phi) is 5.14. The highest BCUT2D eigenvalue weighted by Crippen LogP contribution is 2.26. The van der Waals surface area contributed by atoms with Crippen LogP contribution in [0, 0.1) is 0 Å². The van der Waals surface area contributed by atoms with Gasteiger partial charge in [0.15, 0.2) is 5.82 Å². The fraction of sp³-hybridized carbons (Fsp3) is 0.429. The Morgan fingerprint density at radius 1 is 1.40 bits per heavy atom. The molecule has 108 valence electrons. The molecule has 0 aliphatic heterocycles. The largest absolute Gasteiger partial charge is 0.484 e. The van der Waals surface area contributed by atoms with Crippen LogP contribution in [0.3, 0.4) is 0 Å². The van der Waals surface area contributed by atoms with E-state index < -0.39 is 0 Å². The number of hydrogen-bond donors (Lipinski definition) is 1. The molecule has 0 spiro atoms. The molecule has 0 aliphatic carbocycles. The van der Waals surface area contributed by atoms with Gasteiger partial charge in [-0.2, -0.15) is 5.10 Å². The first kappa shape index (κ1) is 15.0. The molecule has 0 saturated carbocycles. The molecule has 2 rings (SSSR count). The smallest absolute Gasteiger partial charge is 0.165 e. The summed E-state index contributed by atoms with van der Waals surface area (Å²) >= 11 is 3.53. The molecule has 5 nitrogen and oxygen atoms in total. The van der Waals surface area contributed by atoms with Gasteiger partial charge in [0.25, 0.3) is 0 Å². The van der Waals surface area contributed by atoms with E-state index in [1.807, 2.05) is 23.9 Å². The maximum Gasteiger partial charge on any atom is 0.165 e. The Bertz CT molecular complexity index is 568. The van der Waals surface area contributed by atoms with Gasteiger partial charge in [0.2, 0.25) is 0 Å². The average Bonchev–Trinajstić information content (AvgIpc) is 2.86. The van der Waals surface area contributed by atoms with Crippen molar-refractivity contribution in [3.05, 3.63) is 40.4 Å². The van der Waals surface area contributed by atoms with Gasteiger partial charge in [0.1, 0.15) is 18.7 Å². The lowest BCUT2D eigenvalue weighted by molar-refractivity contribution is 0.280. The number of nitrogens with zero attached hydrogens (tertiary/aromatic N) is 3. The molecule has 0 fully saturated rings. The number of ether oxygens (including phenoxy) is 1. The van der Waals surface area contributed by atoms with E-state index >= 15 is 0 Å². The molecule has 1 aromatic heterocycles. The second-order valence-corrected chi connectivity index (χ2v) is 5.65. The van der Waals surface area contributed by atoms with Crippen LogP contribution >= 0.6 is 15.9 Å². The van der Waals surface area contributed by atoms with E-state index in [2.05, 4.69) is 51.2 Å². The Morgan fingerprint density at radius 3 is 2.85 bits per heavy atom. The fourth-order valence-corrected chi connectivity index (χ4v) is 2.47. The Balaban J connectivity index is 2.05. The van der Waals surface area contributed by atoms with Crippen molar-refractivity contribution in [2.75, 3.05) is 7.05 Å². The van der Waals surface area contributed by atoms with Gasteiger partial charge in [0.05, 0.1) is 4.47 Å². The van der Waals surface area contributed by atoms with E-state index in [1.54, 1.807) is 6.33 Å². The van der Waals surface area contributed by atoms with Crippen LogP contribution in [0.1, 0.15) is 31.3 Å². The van der Waals surface area contributed by atoms with Crippen LogP contribution in [-0.2, 0) is 13.2 Å². The van der Waals surface area contributed by atoms with Crippen molar-refractivity contribution in [1.29, 1.82) is 0 Å². The molecule has 0 bridgehead atoms. The van der Waals surface area contributed by atoms with Gasteiger partial charge in [-0.25, -0.2) is 9.67 Å². The minimum absolute atomic E-state index is 0.276. The zero-order valence-corrected chi connectivity index (χ0v) is 13.5. The first-order valence-electron chi connectivity index (χ1n) is 6.56. The molecule has 0 atom stereocenters. The quantitative estimate of drug-likeness (QED) is 0.879. The maximum absolute atomic E-state index is 5.81. The molecule has 2 aromatic rings. The summed E-state index contributed by atoms with van der Waals surface area (Å²) in [4.78, 5) is 4.23. The van der Waals surface area contributed by atoms with Gasteiger partial charge < -0.3 is 10.1 Å². The van der Waals surface area contributed by atoms with E-state index in [1.165, 1.54) is 5.56 Å². The summed E-state index contributed by atoms with van der Waals surface area (Å²) in [5.74, 6) is 1.63. The van der Waals surface area contributed by atoms with Crippen LogP contribution in [0.25, 0.3) is 0 Å². The molecule has 0 aliphatic rings. The lowest BCUT2D eigenvalue weighted by Gasteiger charge is -2.12. The lowest BCUT2D eigenvalue weighted by atomic mass is 10.2. The van der Waals surface area contributed by atoms with E-state index in [4.69, 9.17) is 4.74 Å².